The molecule has 2 aromatic carbocycles. The summed E-state index contributed by atoms with van der Waals surface area (Å²) < 4.78 is 5.18. The highest BCUT2D eigenvalue weighted by molar-refractivity contribution is 6.01. The van der Waals surface area contributed by atoms with E-state index in [0.29, 0.717) is 11.3 Å². The fraction of sp³-hybridized carbons (Fsp3) is 0.360. The lowest BCUT2D eigenvalue weighted by Crippen LogP contribution is -2.29. The van der Waals surface area contributed by atoms with E-state index in [9.17, 15) is 19.2 Å². The number of hydrogen-bond acceptors (Lipinski definition) is 5. The van der Waals surface area contributed by atoms with E-state index >= 15 is 0 Å². The third-order valence-electron chi connectivity index (χ3n) is 5.61. The second-order valence-electron chi connectivity index (χ2n) is 7.83. The summed E-state index contributed by atoms with van der Waals surface area (Å²) >= 11 is 0. The molecule has 0 aromatic heterocycles. The summed E-state index contributed by atoms with van der Waals surface area (Å²) in [6, 6.07) is 12.4. The van der Waals surface area contributed by atoms with Crippen molar-refractivity contribution in [2.24, 2.45) is 5.92 Å². The number of anilines is 2. The molecule has 3 rings (SSSR count). The van der Waals surface area contributed by atoms with E-state index in [1.165, 1.54) is 6.92 Å². The number of para-hydroxylation sites is 1. The zero-order chi connectivity index (χ0) is 23.3. The monoisotopic (exact) mass is 436 g/mol. The van der Waals surface area contributed by atoms with Gasteiger partial charge in [0.05, 0.1) is 5.92 Å². The molecule has 0 spiro atoms. The van der Waals surface area contributed by atoms with E-state index in [-0.39, 0.29) is 24.7 Å². The number of aryl methyl sites for hydroxylation is 2. The van der Waals surface area contributed by atoms with E-state index in [2.05, 4.69) is 5.32 Å². The topological polar surface area (TPSA) is 92.8 Å². The van der Waals surface area contributed by atoms with Crippen LogP contribution in [0.3, 0.4) is 0 Å². The van der Waals surface area contributed by atoms with Crippen molar-refractivity contribution in [1.82, 2.24) is 0 Å². The highest BCUT2D eigenvalue weighted by Crippen LogP contribution is 2.32. The minimum absolute atomic E-state index is 0.0637. The molecule has 168 valence electrons. The average molecular weight is 437 g/mol. The minimum atomic E-state index is -0.611. The van der Waals surface area contributed by atoms with E-state index in [4.69, 9.17) is 4.74 Å². The van der Waals surface area contributed by atoms with Gasteiger partial charge in [-0.25, -0.2) is 0 Å². The first-order chi connectivity index (χ1) is 15.3. The molecule has 1 N–H and O–H groups in total. The maximum atomic E-state index is 12.7. The number of Topliss-reactive ketones (excluding diaryl/α,β-unsaturated/α-hetero) is 1. The smallest absolute Gasteiger partial charge is 0.311 e. The van der Waals surface area contributed by atoms with Gasteiger partial charge in [-0.2, -0.15) is 0 Å². The van der Waals surface area contributed by atoms with Gasteiger partial charge in [0.25, 0.3) is 5.91 Å². The molecule has 2 amide bonds. The summed E-state index contributed by atoms with van der Waals surface area (Å²) in [5.74, 6) is -1.84. The third-order valence-corrected chi connectivity index (χ3v) is 5.61. The SMILES string of the molecule is CCc1cccc(CC)c1N1C[C@@H](C(=O)OCC(=O)Nc2ccc(C(C)=O)cc2)CC1=O. The first-order valence-electron chi connectivity index (χ1n) is 10.8. The Labute approximate surface area is 187 Å². The molecular formula is C25H28N2O5. The van der Waals surface area contributed by atoms with Gasteiger partial charge in [-0.1, -0.05) is 32.0 Å². The minimum Gasteiger partial charge on any atom is -0.455 e. The van der Waals surface area contributed by atoms with Crippen LogP contribution in [0.2, 0.25) is 0 Å². The Kier molecular flexibility index (Phi) is 7.41. The number of carbonyl (C=O) groups excluding carboxylic acids is 4. The second kappa shape index (κ2) is 10.2. The molecular weight excluding hydrogens is 408 g/mol. The van der Waals surface area contributed by atoms with Gasteiger partial charge in [0.1, 0.15) is 0 Å². The number of nitrogens with one attached hydrogen (secondary N) is 1. The van der Waals surface area contributed by atoms with Crippen LogP contribution in [-0.4, -0.2) is 36.7 Å². The molecule has 0 bridgehead atoms. The predicted molar refractivity (Wildman–Crippen MR) is 122 cm³/mol. The molecule has 1 heterocycles. The Morgan fingerprint density at radius 3 is 2.22 bits per heavy atom. The number of esters is 1. The first kappa shape index (κ1) is 23.2. The van der Waals surface area contributed by atoms with Crippen LogP contribution in [0.4, 0.5) is 11.4 Å². The predicted octanol–water partition coefficient (Wildman–Crippen LogP) is 3.55. The summed E-state index contributed by atoms with van der Waals surface area (Å²) in [5.41, 5.74) is 4.08. The van der Waals surface area contributed by atoms with Gasteiger partial charge >= 0.3 is 5.97 Å². The first-order valence-corrected chi connectivity index (χ1v) is 10.8. The number of benzene rings is 2. The molecule has 1 fully saturated rings. The van der Waals surface area contributed by atoms with Crippen molar-refractivity contribution in [3.63, 3.8) is 0 Å². The van der Waals surface area contributed by atoms with Gasteiger partial charge in [-0.05, 0) is 55.2 Å². The Balaban J connectivity index is 1.58. The van der Waals surface area contributed by atoms with Crippen molar-refractivity contribution in [2.75, 3.05) is 23.4 Å². The fourth-order valence-electron chi connectivity index (χ4n) is 3.88. The molecule has 1 aliphatic rings. The van der Waals surface area contributed by atoms with E-state index < -0.39 is 24.4 Å². The van der Waals surface area contributed by atoms with Crippen LogP contribution in [-0.2, 0) is 32.0 Å². The molecule has 0 radical (unpaired) electrons. The van der Waals surface area contributed by atoms with Crippen molar-refractivity contribution in [3.8, 4) is 0 Å². The highest BCUT2D eigenvalue weighted by Gasteiger charge is 2.37. The number of ether oxygens (including phenoxy) is 1. The van der Waals surface area contributed by atoms with Crippen LogP contribution in [0.25, 0.3) is 0 Å². The molecule has 0 aliphatic carbocycles. The summed E-state index contributed by atoms with van der Waals surface area (Å²) in [6.45, 7) is 5.35. The summed E-state index contributed by atoms with van der Waals surface area (Å²) in [5, 5.41) is 2.62. The quantitative estimate of drug-likeness (QED) is 0.505. The van der Waals surface area contributed by atoms with Crippen molar-refractivity contribution in [2.45, 2.75) is 40.0 Å². The van der Waals surface area contributed by atoms with E-state index in [0.717, 1.165) is 29.7 Å². The van der Waals surface area contributed by atoms with Crippen LogP contribution in [0.1, 0.15) is 48.7 Å². The lowest BCUT2D eigenvalue weighted by atomic mass is 10.0. The number of hydrogen-bond donors (Lipinski definition) is 1. The van der Waals surface area contributed by atoms with Crippen LogP contribution < -0.4 is 10.2 Å². The van der Waals surface area contributed by atoms with Crippen molar-refractivity contribution in [3.05, 3.63) is 59.2 Å². The largest absolute Gasteiger partial charge is 0.455 e. The lowest BCUT2D eigenvalue weighted by Gasteiger charge is -2.23. The maximum absolute atomic E-state index is 12.7. The number of carbonyl (C=O) groups is 4. The summed E-state index contributed by atoms with van der Waals surface area (Å²) in [6.07, 6.45) is 1.64. The number of rotatable bonds is 8. The van der Waals surface area contributed by atoms with Gasteiger partial charge < -0.3 is 15.0 Å². The zero-order valence-corrected chi connectivity index (χ0v) is 18.6. The van der Waals surface area contributed by atoms with Gasteiger partial charge in [-0.3, -0.25) is 19.2 Å². The molecule has 1 atom stereocenters. The van der Waals surface area contributed by atoms with E-state index in [1.807, 2.05) is 32.0 Å². The van der Waals surface area contributed by atoms with Gasteiger partial charge in [-0.15, -0.1) is 0 Å². The molecule has 1 saturated heterocycles. The van der Waals surface area contributed by atoms with Crippen LogP contribution >= 0.6 is 0 Å². The summed E-state index contributed by atoms with van der Waals surface area (Å²) in [7, 11) is 0. The fourth-order valence-corrected chi connectivity index (χ4v) is 3.88. The van der Waals surface area contributed by atoms with Gasteiger partial charge in [0, 0.05) is 29.9 Å². The van der Waals surface area contributed by atoms with Crippen LogP contribution in [0.15, 0.2) is 42.5 Å². The maximum Gasteiger partial charge on any atom is 0.311 e. The van der Waals surface area contributed by atoms with Gasteiger partial charge in [0.2, 0.25) is 5.91 Å². The van der Waals surface area contributed by atoms with Crippen LogP contribution in [0, 0.1) is 5.92 Å². The normalized spacial score (nSPS) is 15.5. The molecule has 7 heteroatoms. The Hall–Kier alpha value is -3.48. The van der Waals surface area contributed by atoms with Crippen molar-refractivity contribution in [1.29, 1.82) is 0 Å². The molecule has 32 heavy (non-hydrogen) atoms. The van der Waals surface area contributed by atoms with E-state index in [1.54, 1.807) is 29.2 Å². The Bertz CT molecular complexity index is 1010. The van der Waals surface area contributed by atoms with Crippen LogP contribution in [0.5, 0.6) is 0 Å². The Morgan fingerprint density at radius 1 is 1.03 bits per heavy atom. The summed E-state index contributed by atoms with van der Waals surface area (Å²) in [4.78, 5) is 50.4. The molecule has 1 aliphatic heterocycles. The standard InChI is InChI=1S/C25H28N2O5/c1-4-17-7-6-8-18(5-2)24(17)27-14-20(13-23(27)30)25(31)32-15-22(29)26-21-11-9-19(10-12-21)16(3)28/h6-12,20H,4-5,13-15H2,1-3H3,(H,26,29)/t20-/m0/s1. The van der Waals surface area contributed by atoms with Crippen molar-refractivity contribution >= 4 is 34.9 Å². The lowest BCUT2D eigenvalue weighted by molar-refractivity contribution is -0.151. The number of ketones is 1. The van der Waals surface area contributed by atoms with Gasteiger partial charge in [0.15, 0.2) is 12.4 Å². The molecule has 2 aromatic rings. The zero-order valence-electron chi connectivity index (χ0n) is 18.6. The Morgan fingerprint density at radius 2 is 1.66 bits per heavy atom. The number of nitrogens with zero attached hydrogens (tertiary/aromatic N) is 1. The molecule has 0 unspecified atom stereocenters. The molecule has 7 nitrogen and oxygen atoms in total. The average Bonchev–Trinajstić information content (AvgIpc) is 3.18. The van der Waals surface area contributed by atoms with Crippen molar-refractivity contribution < 1.29 is 23.9 Å². The highest BCUT2D eigenvalue weighted by atomic mass is 16.5. The second-order valence-corrected chi connectivity index (χ2v) is 7.83. The third kappa shape index (κ3) is 5.22. The number of amides is 2. The molecule has 0 saturated carbocycles.